The highest BCUT2D eigenvalue weighted by Crippen LogP contribution is 2.36. The number of rotatable bonds is 2. The number of halogens is 1. The predicted octanol–water partition coefficient (Wildman–Crippen LogP) is 4.56. The molecule has 22 heavy (non-hydrogen) atoms. The summed E-state index contributed by atoms with van der Waals surface area (Å²) < 4.78 is 1.38. The van der Waals surface area contributed by atoms with Crippen LogP contribution in [0.2, 0.25) is 0 Å². The van der Waals surface area contributed by atoms with Crippen LogP contribution in [-0.4, -0.2) is 15.3 Å². The lowest BCUT2D eigenvalue weighted by Gasteiger charge is -2.14. The van der Waals surface area contributed by atoms with Gasteiger partial charge in [-0.3, -0.25) is 9.69 Å². The molecule has 1 fully saturated rings. The number of phenols is 1. The largest absolute Gasteiger partial charge is 0.508 e. The average Bonchev–Trinajstić information content (AvgIpc) is 2.73. The first-order valence-electron chi connectivity index (χ1n) is 6.37. The Morgan fingerprint density at radius 3 is 2.68 bits per heavy atom. The normalized spacial score (nSPS) is 16.6. The predicted molar refractivity (Wildman–Crippen MR) is 97.9 cm³/mol. The van der Waals surface area contributed by atoms with Crippen LogP contribution in [0.5, 0.6) is 5.75 Å². The van der Waals surface area contributed by atoms with Gasteiger partial charge in [0.05, 0.1) is 10.6 Å². The molecule has 0 unspecified atom stereocenters. The maximum atomic E-state index is 12.6. The lowest BCUT2D eigenvalue weighted by atomic mass is 10.2. The summed E-state index contributed by atoms with van der Waals surface area (Å²) >= 11 is 9.98. The van der Waals surface area contributed by atoms with E-state index in [9.17, 15) is 9.90 Å². The second-order valence-corrected chi connectivity index (χ2v) is 7.18. The van der Waals surface area contributed by atoms with Gasteiger partial charge in [-0.25, -0.2) is 0 Å². The maximum absolute atomic E-state index is 12.6. The van der Waals surface area contributed by atoms with Crippen LogP contribution in [0.4, 0.5) is 5.69 Å². The molecular weight excluding hydrogens is 382 g/mol. The fourth-order valence-corrected chi connectivity index (χ4v) is 3.76. The van der Waals surface area contributed by atoms with Crippen molar-refractivity contribution in [2.24, 2.45) is 0 Å². The standard InChI is InChI=1S/C16H10BrNO2S2/c17-11-4-2-5-12(9-11)18-15(20)14(22-16(18)21)8-10-3-1-6-13(19)7-10/h1-9,19H/b14-8+. The van der Waals surface area contributed by atoms with Crippen LogP contribution in [0, 0.1) is 0 Å². The van der Waals surface area contributed by atoms with Crippen LogP contribution in [0.15, 0.2) is 57.9 Å². The van der Waals surface area contributed by atoms with Crippen molar-refractivity contribution in [2.45, 2.75) is 0 Å². The zero-order valence-electron chi connectivity index (χ0n) is 11.2. The van der Waals surface area contributed by atoms with Gasteiger partial charge < -0.3 is 5.11 Å². The highest BCUT2D eigenvalue weighted by molar-refractivity contribution is 9.10. The Labute approximate surface area is 145 Å². The van der Waals surface area contributed by atoms with E-state index in [1.54, 1.807) is 24.3 Å². The molecule has 110 valence electrons. The van der Waals surface area contributed by atoms with E-state index >= 15 is 0 Å². The van der Waals surface area contributed by atoms with Crippen molar-refractivity contribution in [2.75, 3.05) is 4.90 Å². The van der Waals surface area contributed by atoms with E-state index in [4.69, 9.17) is 12.2 Å². The molecule has 2 aromatic carbocycles. The molecule has 0 bridgehead atoms. The SMILES string of the molecule is O=C1/C(=C\c2cccc(O)c2)SC(=S)N1c1cccc(Br)c1. The first-order valence-corrected chi connectivity index (χ1v) is 8.39. The third-order valence-corrected chi connectivity index (χ3v) is 4.82. The van der Waals surface area contributed by atoms with Gasteiger partial charge in [0.2, 0.25) is 0 Å². The van der Waals surface area contributed by atoms with Crippen molar-refractivity contribution >= 4 is 61.9 Å². The molecule has 1 aliphatic rings. The van der Waals surface area contributed by atoms with Crippen molar-refractivity contribution in [3.8, 4) is 5.75 Å². The van der Waals surface area contributed by atoms with E-state index in [-0.39, 0.29) is 11.7 Å². The van der Waals surface area contributed by atoms with Crippen LogP contribution < -0.4 is 4.90 Å². The molecule has 3 nitrogen and oxygen atoms in total. The first kappa shape index (κ1) is 15.3. The molecule has 0 aromatic heterocycles. The van der Waals surface area contributed by atoms with Gasteiger partial charge in [0, 0.05) is 4.47 Å². The molecule has 1 N–H and O–H groups in total. The molecule has 0 aliphatic carbocycles. The van der Waals surface area contributed by atoms with Gasteiger partial charge in [-0.15, -0.1) is 0 Å². The Morgan fingerprint density at radius 2 is 1.95 bits per heavy atom. The topological polar surface area (TPSA) is 40.5 Å². The number of anilines is 1. The quantitative estimate of drug-likeness (QED) is 0.601. The number of hydrogen-bond donors (Lipinski definition) is 1. The fraction of sp³-hybridized carbons (Fsp3) is 0. The summed E-state index contributed by atoms with van der Waals surface area (Å²) in [6.45, 7) is 0. The van der Waals surface area contributed by atoms with Crippen molar-refractivity contribution in [1.82, 2.24) is 0 Å². The van der Waals surface area contributed by atoms with Gasteiger partial charge in [0.25, 0.3) is 5.91 Å². The summed E-state index contributed by atoms with van der Waals surface area (Å²) in [4.78, 5) is 14.6. The summed E-state index contributed by atoms with van der Waals surface area (Å²) in [7, 11) is 0. The minimum absolute atomic E-state index is 0.156. The zero-order chi connectivity index (χ0) is 15.7. The smallest absolute Gasteiger partial charge is 0.270 e. The molecule has 6 heteroatoms. The summed E-state index contributed by atoms with van der Waals surface area (Å²) in [6.07, 6.45) is 1.73. The second kappa shape index (κ2) is 6.24. The highest BCUT2D eigenvalue weighted by atomic mass is 79.9. The van der Waals surface area contributed by atoms with Gasteiger partial charge in [0.1, 0.15) is 5.75 Å². The van der Waals surface area contributed by atoms with Crippen LogP contribution >= 0.6 is 39.9 Å². The van der Waals surface area contributed by atoms with Gasteiger partial charge in [0.15, 0.2) is 4.32 Å². The summed E-state index contributed by atoms with van der Waals surface area (Å²) in [5, 5.41) is 9.50. The van der Waals surface area contributed by atoms with E-state index in [1.165, 1.54) is 16.7 Å². The van der Waals surface area contributed by atoms with Crippen LogP contribution in [-0.2, 0) is 4.79 Å². The molecule has 0 spiro atoms. The van der Waals surface area contributed by atoms with Crippen LogP contribution in [0.1, 0.15) is 5.56 Å². The Hall–Kier alpha value is -1.63. The number of carbonyl (C=O) groups excluding carboxylic acids is 1. The zero-order valence-corrected chi connectivity index (χ0v) is 14.4. The van der Waals surface area contributed by atoms with Gasteiger partial charge >= 0.3 is 0 Å². The molecule has 1 saturated heterocycles. The van der Waals surface area contributed by atoms with Gasteiger partial charge in [-0.2, -0.15) is 0 Å². The summed E-state index contributed by atoms with van der Waals surface area (Å²) in [6, 6.07) is 14.2. The third kappa shape index (κ3) is 3.09. The molecular formula is C16H10BrNO2S2. The van der Waals surface area contributed by atoms with E-state index in [0.29, 0.717) is 9.23 Å². The second-order valence-electron chi connectivity index (χ2n) is 4.59. The van der Waals surface area contributed by atoms with Gasteiger partial charge in [-0.1, -0.05) is 58.1 Å². The molecule has 1 aliphatic heterocycles. The van der Waals surface area contributed by atoms with E-state index in [2.05, 4.69) is 15.9 Å². The van der Waals surface area contributed by atoms with Crippen molar-refractivity contribution in [3.05, 3.63) is 63.5 Å². The summed E-state index contributed by atoms with van der Waals surface area (Å²) in [5.41, 5.74) is 1.49. The average molecular weight is 392 g/mol. The highest BCUT2D eigenvalue weighted by Gasteiger charge is 2.33. The minimum atomic E-state index is -0.156. The third-order valence-electron chi connectivity index (χ3n) is 3.03. The Balaban J connectivity index is 1.95. The van der Waals surface area contributed by atoms with Crippen molar-refractivity contribution in [3.63, 3.8) is 0 Å². The number of thioether (sulfide) groups is 1. The minimum Gasteiger partial charge on any atom is -0.508 e. The molecule has 2 aromatic rings. The first-order chi connectivity index (χ1) is 10.5. The lowest BCUT2D eigenvalue weighted by molar-refractivity contribution is -0.113. The van der Waals surface area contributed by atoms with E-state index in [1.807, 2.05) is 30.3 Å². The lowest BCUT2D eigenvalue weighted by Crippen LogP contribution is -2.27. The number of carbonyl (C=O) groups is 1. The Bertz CT molecular complexity index is 804. The molecule has 3 rings (SSSR count). The van der Waals surface area contributed by atoms with E-state index in [0.717, 1.165) is 15.7 Å². The number of nitrogens with zero attached hydrogens (tertiary/aromatic N) is 1. The maximum Gasteiger partial charge on any atom is 0.270 e. The van der Waals surface area contributed by atoms with Crippen molar-refractivity contribution in [1.29, 1.82) is 0 Å². The van der Waals surface area contributed by atoms with Crippen LogP contribution in [0.3, 0.4) is 0 Å². The monoisotopic (exact) mass is 391 g/mol. The summed E-state index contributed by atoms with van der Waals surface area (Å²) in [5.74, 6) is 0.00709. The molecule has 1 amide bonds. The van der Waals surface area contributed by atoms with Crippen LogP contribution in [0.25, 0.3) is 6.08 Å². The molecule has 0 radical (unpaired) electrons. The van der Waals surface area contributed by atoms with E-state index < -0.39 is 0 Å². The number of benzene rings is 2. The number of aromatic hydroxyl groups is 1. The molecule has 0 atom stereocenters. The number of phenolic OH excluding ortho intramolecular Hbond substituents is 1. The Morgan fingerprint density at radius 1 is 1.18 bits per heavy atom. The number of hydrogen-bond acceptors (Lipinski definition) is 4. The number of thiocarbonyl (C=S) groups is 1. The van der Waals surface area contributed by atoms with Crippen molar-refractivity contribution < 1.29 is 9.90 Å². The Kier molecular flexibility index (Phi) is 4.33. The van der Waals surface area contributed by atoms with Gasteiger partial charge in [-0.05, 0) is 42.0 Å². The molecule has 0 saturated carbocycles. The fourth-order valence-electron chi connectivity index (χ4n) is 2.07. The molecule has 1 heterocycles. The number of amides is 1.